The summed E-state index contributed by atoms with van der Waals surface area (Å²) in [6.45, 7) is 1.10. The maximum absolute atomic E-state index is 14.7. The van der Waals surface area contributed by atoms with Crippen LogP contribution < -0.4 is 16.1 Å². The summed E-state index contributed by atoms with van der Waals surface area (Å²) in [7, 11) is 0. The maximum Gasteiger partial charge on any atom is 0.341 e. The summed E-state index contributed by atoms with van der Waals surface area (Å²) in [4.78, 5) is 29.7. The van der Waals surface area contributed by atoms with Crippen LogP contribution in [0.25, 0.3) is 16.9 Å². The molecule has 0 aliphatic carbocycles. The van der Waals surface area contributed by atoms with E-state index in [9.17, 15) is 19.1 Å². The highest BCUT2D eigenvalue weighted by molar-refractivity contribution is 5.94. The summed E-state index contributed by atoms with van der Waals surface area (Å²) < 4.78 is 16.1. The van der Waals surface area contributed by atoms with Gasteiger partial charge in [-0.25, -0.2) is 14.3 Å². The zero-order chi connectivity index (χ0) is 18.4. The Hall–Kier alpha value is -3.27. The van der Waals surface area contributed by atoms with Crippen molar-refractivity contribution in [3.05, 3.63) is 46.3 Å². The highest BCUT2D eigenvalue weighted by Crippen LogP contribution is 2.28. The van der Waals surface area contributed by atoms with Gasteiger partial charge in [-0.1, -0.05) is 0 Å². The number of halogens is 1. The molecule has 3 aromatic rings. The number of anilines is 1. The van der Waals surface area contributed by atoms with Crippen LogP contribution in [-0.4, -0.2) is 50.0 Å². The van der Waals surface area contributed by atoms with E-state index in [2.05, 4.69) is 15.2 Å². The quantitative estimate of drug-likeness (QED) is 0.621. The number of benzene rings is 1. The van der Waals surface area contributed by atoms with Crippen LogP contribution in [0.15, 0.2) is 29.5 Å². The molecule has 0 unspecified atom stereocenters. The molecule has 1 aromatic carbocycles. The number of aromatic carboxylic acids is 1. The third-order valence-electron chi connectivity index (χ3n) is 4.50. The molecule has 10 heteroatoms. The maximum atomic E-state index is 14.7. The summed E-state index contributed by atoms with van der Waals surface area (Å²) in [6.07, 6.45) is 3.15. The largest absolute Gasteiger partial charge is 0.477 e. The number of nitrogens with zero attached hydrogens (tertiary/aromatic N) is 4. The molecule has 1 atom stereocenters. The number of aromatic nitrogens is 4. The van der Waals surface area contributed by atoms with Gasteiger partial charge in [0.2, 0.25) is 11.4 Å². The van der Waals surface area contributed by atoms with Gasteiger partial charge in [0, 0.05) is 25.3 Å². The minimum absolute atomic E-state index is 0.0454. The molecule has 1 aliphatic heterocycles. The summed E-state index contributed by atoms with van der Waals surface area (Å²) >= 11 is 0. The molecule has 1 fully saturated rings. The van der Waals surface area contributed by atoms with Crippen LogP contribution in [0, 0.1) is 5.82 Å². The van der Waals surface area contributed by atoms with Crippen molar-refractivity contribution in [2.24, 2.45) is 5.73 Å². The fourth-order valence-corrected chi connectivity index (χ4v) is 3.23. The molecule has 1 saturated heterocycles. The van der Waals surface area contributed by atoms with Gasteiger partial charge in [0.25, 0.3) is 0 Å². The summed E-state index contributed by atoms with van der Waals surface area (Å²) in [5, 5.41) is 15.6. The van der Waals surface area contributed by atoms with Gasteiger partial charge in [0.05, 0.1) is 16.6 Å². The number of nitrogens with two attached hydrogens (primary N) is 1. The van der Waals surface area contributed by atoms with Gasteiger partial charge in [-0.3, -0.25) is 9.36 Å². The first-order valence-corrected chi connectivity index (χ1v) is 7.94. The van der Waals surface area contributed by atoms with E-state index in [0.717, 1.165) is 18.7 Å². The molecule has 4 rings (SSSR count). The van der Waals surface area contributed by atoms with Gasteiger partial charge < -0.3 is 15.7 Å². The smallest absolute Gasteiger partial charge is 0.341 e. The van der Waals surface area contributed by atoms with Gasteiger partial charge in [-0.15, -0.1) is 0 Å². The molecule has 0 amide bonds. The summed E-state index contributed by atoms with van der Waals surface area (Å²) in [5.74, 6) is -1.79. The number of nitrogens with one attached hydrogen (secondary N) is 1. The number of aromatic amines is 1. The lowest BCUT2D eigenvalue weighted by Crippen LogP contribution is -2.27. The topological polar surface area (TPSA) is 130 Å². The van der Waals surface area contributed by atoms with Crippen molar-refractivity contribution in [3.63, 3.8) is 0 Å². The molecule has 26 heavy (non-hydrogen) atoms. The molecule has 1 aliphatic rings. The average molecular weight is 358 g/mol. The minimum atomic E-state index is -1.40. The molecule has 0 saturated carbocycles. The molecule has 134 valence electrons. The summed E-state index contributed by atoms with van der Waals surface area (Å²) in [6, 6.07) is 2.53. The van der Waals surface area contributed by atoms with E-state index in [1.807, 2.05) is 0 Å². The zero-order valence-electron chi connectivity index (χ0n) is 13.5. The van der Waals surface area contributed by atoms with Crippen LogP contribution in [-0.2, 0) is 0 Å². The number of carboxylic acids is 1. The Bertz CT molecular complexity index is 1060. The van der Waals surface area contributed by atoms with E-state index in [1.165, 1.54) is 17.0 Å². The molecule has 2 aromatic heterocycles. The fourth-order valence-electron chi connectivity index (χ4n) is 3.23. The standard InChI is InChI=1S/C16H15FN6O3/c17-11-3-9-12(4-13(11)22-2-1-8(18)5-22)23(16-19-7-20-21-16)6-10(14(9)24)15(25)26/h3-4,6-8H,1-2,5,18H2,(H,25,26)(H,19,20,21)/t8-/m0/s1. The minimum Gasteiger partial charge on any atom is -0.477 e. The molecule has 0 radical (unpaired) electrons. The number of carboxylic acid groups (broad SMARTS) is 1. The van der Waals surface area contributed by atoms with E-state index in [4.69, 9.17) is 5.73 Å². The Labute approximate surface area is 145 Å². The van der Waals surface area contributed by atoms with Crippen LogP contribution in [0.5, 0.6) is 0 Å². The molecular formula is C16H15FN6O3. The molecule has 3 heterocycles. The van der Waals surface area contributed by atoms with E-state index < -0.39 is 22.8 Å². The Morgan fingerprint density at radius 3 is 2.85 bits per heavy atom. The monoisotopic (exact) mass is 358 g/mol. The fraction of sp³-hybridized carbons (Fsp3) is 0.250. The Balaban J connectivity index is 2.02. The van der Waals surface area contributed by atoms with E-state index >= 15 is 0 Å². The second-order valence-corrected chi connectivity index (χ2v) is 6.17. The van der Waals surface area contributed by atoms with Crippen molar-refractivity contribution in [1.29, 1.82) is 0 Å². The van der Waals surface area contributed by atoms with Crippen LogP contribution in [0.1, 0.15) is 16.8 Å². The molecule has 4 N–H and O–H groups in total. The number of hydrogen-bond acceptors (Lipinski definition) is 6. The normalized spacial score (nSPS) is 17.2. The molecule has 0 spiro atoms. The van der Waals surface area contributed by atoms with E-state index in [1.54, 1.807) is 4.90 Å². The third kappa shape index (κ3) is 2.51. The Kier molecular flexibility index (Phi) is 3.69. The molecular weight excluding hydrogens is 343 g/mol. The van der Waals surface area contributed by atoms with Crippen LogP contribution in [0.4, 0.5) is 10.1 Å². The van der Waals surface area contributed by atoms with Crippen LogP contribution >= 0.6 is 0 Å². The highest BCUT2D eigenvalue weighted by atomic mass is 19.1. The van der Waals surface area contributed by atoms with Gasteiger partial charge in [0.15, 0.2) is 0 Å². The predicted molar refractivity (Wildman–Crippen MR) is 91.2 cm³/mol. The zero-order valence-corrected chi connectivity index (χ0v) is 13.5. The van der Waals surface area contributed by atoms with Crippen molar-refractivity contribution < 1.29 is 14.3 Å². The van der Waals surface area contributed by atoms with Gasteiger partial charge in [-0.2, -0.15) is 10.1 Å². The average Bonchev–Trinajstić information content (AvgIpc) is 3.26. The van der Waals surface area contributed by atoms with Gasteiger partial charge in [0.1, 0.15) is 17.7 Å². The number of hydrogen-bond donors (Lipinski definition) is 3. The second kappa shape index (κ2) is 5.92. The number of fused-ring (bicyclic) bond motifs is 1. The molecule has 9 nitrogen and oxygen atoms in total. The SMILES string of the molecule is N[C@H]1CCN(c2cc3c(cc2F)c(=O)c(C(=O)O)cn3-c2ncn[nH]2)C1. The number of pyridine rings is 1. The number of H-pyrrole nitrogens is 1. The van der Waals surface area contributed by atoms with Crippen molar-refractivity contribution in [1.82, 2.24) is 19.7 Å². The first-order valence-electron chi connectivity index (χ1n) is 7.94. The van der Waals surface area contributed by atoms with Crippen molar-refractivity contribution >= 4 is 22.6 Å². The van der Waals surface area contributed by atoms with Crippen molar-refractivity contribution in [3.8, 4) is 5.95 Å². The first-order chi connectivity index (χ1) is 12.5. The van der Waals surface area contributed by atoms with Crippen LogP contribution in [0.3, 0.4) is 0 Å². The van der Waals surface area contributed by atoms with Gasteiger partial charge in [-0.05, 0) is 18.6 Å². The lowest BCUT2D eigenvalue weighted by molar-refractivity contribution is 0.0695. The molecule has 0 bridgehead atoms. The summed E-state index contributed by atoms with van der Waals surface area (Å²) in [5.41, 5.74) is 5.30. The number of rotatable bonds is 3. The van der Waals surface area contributed by atoms with Crippen molar-refractivity contribution in [2.45, 2.75) is 12.5 Å². The Morgan fingerprint density at radius 2 is 2.23 bits per heavy atom. The van der Waals surface area contributed by atoms with E-state index in [-0.39, 0.29) is 17.4 Å². The Morgan fingerprint density at radius 1 is 1.42 bits per heavy atom. The predicted octanol–water partition coefficient (Wildman–Crippen LogP) is 0.483. The lowest BCUT2D eigenvalue weighted by Gasteiger charge is -2.20. The van der Waals surface area contributed by atoms with Crippen LogP contribution in [0.2, 0.25) is 0 Å². The highest BCUT2D eigenvalue weighted by Gasteiger charge is 2.24. The first kappa shape index (κ1) is 16.2. The van der Waals surface area contributed by atoms with Gasteiger partial charge >= 0.3 is 5.97 Å². The van der Waals surface area contributed by atoms with Crippen molar-refractivity contribution in [2.75, 3.05) is 18.0 Å². The third-order valence-corrected chi connectivity index (χ3v) is 4.50. The van der Waals surface area contributed by atoms with E-state index in [0.29, 0.717) is 24.3 Å². The lowest BCUT2D eigenvalue weighted by atomic mass is 10.1. The number of carbonyl (C=O) groups is 1. The second-order valence-electron chi connectivity index (χ2n) is 6.17.